The molecule has 0 rings (SSSR count). The van der Waals surface area contributed by atoms with Crippen molar-refractivity contribution in [1.29, 1.82) is 0 Å². The summed E-state index contributed by atoms with van der Waals surface area (Å²) in [5, 5.41) is 9.58. The van der Waals surface area contributed by atoms with Crippen LogP contribution in [0, 0.1) is 18.3 Å². The summed E-state index contributed by atoms with van der Waals surface area (Å²) in [6.45, 7) is 0. The van der Waals surface area contributed by atoms with Gasteiger partial charge in [0.05, 0.1) is 0 Å². The number of carboxylic acid groups (broad SMARTS) is 1. The lowest BCUT2D eigenvalue weighted by atomic mass is 10.1. The highest BCUT2D eigenvalue weighted by atomic mass is 19.4. The van der Waals surface area contributed by atoms with Crippen LogP contribution >= 0.6 is 0 Å². The Labute approximate surface area is 102 Å². The summed E-state index contributed by atoms with van der Waals surface area (Å²) in [5.41, 5.74) is 0. The average Bonchev–Trinajstić information content (AvgIpc) is 2.11. The number of rotatable bonds is 4. The molecule has 4 nitrogen and oxygen atoms in total. The van der Waals surface area contributed by atoms with Crippen molar-refractivity contribution in [2.24, 2.45) is 5.92 Å². The molecule has 2 N–H and O–H groups in total. The summed E-state index contributed by atoms with van der Waals surface area (Å²) in [7, 11) is 0. The van der Waals surface area contributed by atoms with Gasteiger partial charge in [0.25, 0.3) is 0 Å². The molecule has 0 fully saturated rings. The molecule has 0 aliphatic carbocycles. The number of carboxylic acids is 1. The number of nitrogens with one attached hydrogen (secondary N) is 1. The van der Waals surface area contributed by atoms with Crippen molar-refractivity contribution < 1.29 is 41.0 Å². The molecule has 10 heteroatoms. The van der Waals surface area contributed by atoms with Crippen molar-refractivity contribution in [1.82, 2.24) is 5.32 Å². The van der Waals surface area contributed by atoms with Gasteiger partial charge in [-0.15, -0.1) is 12.3 Å². The number of amides is 1. The van der Waals surface area contributed by atoms with Crippen LogP contribution in [0.5, 0.6) is 0 Å². The van der Waals surface area contributed by atoms with Crippen LogP contribution in [0.2, 0.25) is 0 Å². The van der Waals surface area contributed by atoms with E-state index < -0.39 is 42.6 Å². The normalized spacial score (nSPS) is 13.8. The number of halogens is 6. The van der Waals surface area contributed by atoms with Crippen molar-refractivity contribution in [3.63, 3.8) is 0 Å². The van der Waals surface area contributed by atoms with Crippen LogP contribution in [0.15, 0.2) is 0 Å². The molecular weight excluding hydrogens is 284 g/mol. The summed E-state index contributed by atoms with van der Waals surface area (Å²) < 4.78 is 72.8. The van der Waals surface area contributed by atoms with Crippen LogP contribution < -0.4 is 5.32 Å². The second-order valence-electron chi connectivity index (χ2n) is 3.32. The third-order valence-electron chi connectivity index (χ3n) is 1.85. The van der Waals surface area contributed by atoms with Gasteiger partial charge in [-0.05, 0) is 0 Å². The molecule has 0 saturated heterocycles. The molecule has 0 aromatic heterocycles. The molecule has 108 valence electrons. The van der Waals surface area contributed by atoms with E-state index in [-0.39, 0.29) is 0 Å². The predicted molar refractivity (Wildman–Crippen MR) is 48.6 cm³/mol. The third kappa shape index (κ3) is 5.07. The summed E-state index contributed by atoms with van der Waals surface area (Å²) in [6.07, 6.45) is -7.84. The topological polar surface area (TPSA) is 66.4 Å². The monoisotopic (exact) mass is 291 g/mol. The Hall–Kier alpha value is -1.92. The number of aliphatic carboxylic acids is 1. The first-order valence-corrected chi connectivity index (χ1v) is 4.51. The van der Waals surface area contributed by atoms with E-state index in [2.05, 4.69) is 6.42 Å². The lowest BCUT2D eigenvalue weighted by Gasteiger charge is -2.23. The second-order valence-corrected chi connectivity index (χ2v) is 3.32. The Morgan fingerprint density at radius 2 is 1.58 bits per heavy atom. The van der Waals surface area contributed by atoms with E-state index in [1.54, 1.807) is 5.92 Å². The Morgan fingerprint density at radius 3 is 1.84 bits per heavy atom. The molecule has 19 heavy (non-hydrogen) atoms. The van der Waals surface area contributed by atoms with Crippen LogP contribution in [0.1, 0.15) is 6.42 Å². The van der Waals surface area contributed by atoms with E-state index in [9.17, 15) is 35.9 Å². The van der Waals surface area contributed by atoms with E-state index >= 15 is 0 Å². The Bertz CT molecular complexity index is 380. The quantitative estimate of drug-likeness (QED) is 0.606. The van der Waals surface area contributed by atoms with Crippen LogP contribution in [0.3, 0.4) is 0 Å². The van der Waals surface area contributed by atoms with Crippen LogP contribution in [-0.2, 0) is 9.59 Å². The SMILES string of the molecule is C#CCC(NC(=O)C(C(F)(F)F)C(F)(F)F)C(=O)O. The zero-order valence-electron chi connectivity index (χ0n) is 8.97. The molecule has 1 amide bonds. The fourth-order valence-corrected chi connectivity index (χ4v) is 1.06. The standard InChI is InChI=1S/C9H7F6NO3/c1-2-3-4(7(18)19)16-6(17)5(8(10,11)12)9(13,14)15/h1,4-5H,3H2,(H,16,17)(H,18,19). The summed E-state index contributed by atoms with van der Waals surface area (Å²) in [6, 6.07) is -2.02. The van der Waals surface area contributed by atoms with Gasteiger partial charge in [-0.1, -0.05) is 0 Å². The minimum atomic E-state index is -5.89. The first-order chi connectivity index (χ1) is 8.41. The van der Waals surface area contributed by atoms with E-state index in [1.807, 2.05) is 0 Å². The van der Waals surface area contributed by atoms with Gasteiger partial charge in [0.2, 0.25) is 11.8 Å². The molecule has 0 aromatic rings. The first kappa shape index (κ1) is 17.1. The number of hydrogen-bond donors (Lipinski definition) is 2. The Morgan fingerprint density at radius 1 is 1.16 bits per heavy atom. The maximum atomic E-state index is 12.1. The maximum absolute atomic E-state index is 12.1. The van der Waals surface area contributed by atoms with E-state index in [1.165, 1.54) is 0 Å². The van der Waals surface area contributed by atoms with Gasteiger partial charge in [0.1, 0.15) is 6.04 Å². The maximum Gasteiger partial charge on any atom is 0.409 e. The zero-order valence-corrected chi connectivity index (χ0v) is 8.97. The molecule has 0 aliphatic heterocycles. The van der Waals surface area contributed by atoms with Gasteiger partial charge in [-0.2, -0.15) is 26.3 Å². The van der Waals surface area contributed by atoms with Crippen LogP contribution in [-0.4, -0.2) is 35.4 Å². The minimum Gasteiger partial charge on any atom is -0.480 e. The van der Waals surface area contributed by atoms with Crippen molar-refractivity contribution in [2.45, 2.75) is 24.8 Å². The first-order valence-electron chi connectivity index (χ1n) is 4.51. The fourth-order valence-electron chi connectivity index (χ4n) is 1.06. The number of hydrogen-bond acceptors (Lipinski definition) is 2. The molecule has 1 unspecified atom stereocenters. The molecular formula is C9H7F6NO3. The molecule has 0 aromatic carbocycles. The van der Waals surface area contributed by atoms with Gasteiger partial charge in [-0.3, -0.25) is 4.79 Å². The molecule has 0 bridgehead atoms. The summed E-state index contributed by atoms with van der Waals surface area (Å²) >= 11 is 0. The average molecular weight is 291 g/mol. The van der Waals surface area contributed by atoms with Crippen LogP contribution in [0.4, 0.5) is 26.3 Å². The number of terminal acetylenes is 1. The lowest BCUT2D eigenvalue weighted by molar-refractivity contribution is -0.274. The van der Waals surface area contributed by atoms with Crippen molar-refractivity contribution in [3.05, 3.63) is 0 Å². The van der Waals surface area contributed by atoms with Gasteiger partial charge in [0, 0.05) is 6.42 Å². The highest BCUT2D eigenvalue weighted by Crippen LogP contribution is 2.39. The molecule has 1 atom stereocenters. The molecule has 0 radical (unpaired) electrons. The van der Waals surface area contributed by atoms with E-state index in [0.29, 0.717) is 0 Å². The fraction of sp³-hybridized carbons (Fsp3) is 0.556. The Kier molecular flexibility index (Phi) is 5.23. The third-order valence-corrected chi connectivity index (χ3v) is 1.85. The number of carbonyl (C=O) groups excluding carboxylic acids is 1. The lowest BCUT2D eigenvalue weighted by Crippen LogP contribution is -2.52. The van der Waals surface area contributed by atoms with Crippen molar-refractivity contribution >= 4 is 11.9 Å². The number of alkyl halides is 6. The zero-order chi connectivity index (χ0) is 15.4. The summed E-state index contributed by atoms with van der Waals surface area (Å²) in [5.74, 6) is -6.94. The molecule has 0 spiro atoms. The molecule has 0 saturated carbocycles. The summed E-state index contributed by atoms with van der Waals surface area (Å²) in [4.78, 5) is 21.4. The van der Waals surface area contributed by atoms with E-state index in [0.717, 1.165) is 5.32 Å². The Balaban J connectivity index is 5.14. The van der Waals surface area contributed by atoms with Crippen LogP contribution in [0.25, 0.3) is 0 Å². The second kappa shape index (κ2) is 5.81. The van der Waals surface area contributed by atoms with Gasteiger partial charge < -0.3 is 10.4 Å². The van der Waals surface area contributed by atoms with Crippen molar-refractivity contribution in [3.8, 4) is 12.3 Å². The molecule has 0 heterocycles. The van der Waals surface area contributed by atoms with Crippen molar-refractivity contribution in [2.75, 3.05) is 0 Å². The van der Waals surface area contributed by atoms with Gasteiger partial charge in [-0.25, -0.2) is 4.79 Å². The highest BCUT2D eigenvalue weighted by Gasteiger charge is 2.61. The smallest absolute Gasteiger partial charge is 0.409 e. The highest BCUT2D eigenvalue weighted by molar-refractivity contribution is 5.86. The van der Waals surface area contributed by atoms with Gasteiger partial charge >= 0.3 is 18.3 Å². The molecule has 0 aliphatic rings. The van der Waals surface area contributed by atoms with Gasteiger partial charge in [0.15, 0.2) is 0 Å². The van der Waals surface area contributed by atoms with E-state index in [4.69, 9.17) is 5.11 Å². The number of carbonyl (C=O) groups is 2. The minimum absolute atomic E-state index is 0.747. The predicted octanol–water partition coefficient (Wildman–Crippen LogP) is 1.32. The largest absolute Gasteiger partial charge is 0.480 e.